The van der Waals surface area contributed by atoms with Crippen LogP contribution in [0.1, 0.15) is 18.2 Å². The monoisotopic (exact) mass is 343 g/mol. The fraction of sp³-hybridized carbons (Fsp3) is 0.444. The summed E-state index contributed by atoms with van der Waals surface area (Å²) < 4.78 is 19.5. The molecular formula is C18H22FN5O. The van der Waals surface area contributed by atoms with Crippen LogP contribution < -0.4 is 10.6 Å². The van der Waals surface area contributed by atoms with Crippen LogP contribution in [-0.4, -0.2) is 47.7 Å². The van der Waals surface area contributed by atoms with E-state index in [1.807, 2.05) is 0 Å². The van der Waals surface area contributed by atoms with Gasteiger partial charge in [0.1, 0.15) is 11.6 Å². The number of nitrogens with zero attached hydrogens (tertiary/aromatic N) is 4. The summed E-state index contributed by atoms with van der Waals surface area (Å²) >= 11 is 0. The molecule has 0 unspecified atom stereocenters. The topological polar surface area (TPSA) is 67.5 Å². The zero-order valence-corrected chi connectivity index (χ0v) is 14.5. The van der Waals surface area contributed by atoms with E-state index in [2.05, 4.69) is 23.8 Å². The molecule has 6 nitrogen and oxygen atoms in total. The first-order valence-electron chi connectivity index (χ1n) is 8.51. The number of hydrogen-bond donors (Lipinski definition) is 1. The molecule has 0 radical (unpaired) electrons. The normalized spacial score (nSPS) is 20.8. The number of hydrogen-bond acceptors (Lipinski definition) is 6. The number of nitrogen functional groups attached to an aromatic ring is 1. The van der Waals surface area contributed by atoms with Gasteiger partial charge in [-0.1, -0.05) is 0 Å². The van der Waals surface area contributed by atoms with Crippen molar-refractivity contribution in [2.75, 3.05) is 37.4 Å². The smallest absolute Gasteiger partial charge is 0.161 e. The summed E-state index contributed by atoms with van der Waals surface area (Å²) in [5.41, 5.74) is 8.55. The van der Waals surface area contributed by atoms with Crippen LogP contribution in [0.5, 0.6) is 0 Å². The number of morpholine rings is 1. The number of anilines is 2. The largest absolute Gasteiger partial charge is 0.396 e. The lowest BCUT2D eigenvalue weighted by Crippen LogP contribution is -2.44. The van der Waals surface area contributed by atoms with Crippen molar-refractivity contribution in [3.05, 3.63) is 35.3 Å². The molecule has 3 heterocycles. The molecule has 2 aromatic rings. The Bertz CT molecular complexity index is 812. The molecule has 1 fully saturated rings. The Hall–Kier alpha value is -2.25. The summed E-state index contributed by atoms with van der Waals surface area (Å²) in [4.78, 5) is 14.0. The molecule has 2 aliphatic heterocycles. The van der Waals surface area contributed by atoms with E-state index >= 15 is 0 Å². The van der Waals surface area contributed by atoms with Crippen LogP contribution in [-0.2, 0) is 17.8 Å². The summed E-state index contributed by atoms with van der Waals surface area (Å²) in [6.45, 7) is 5.89. The first-order valence-corrected chi connectivity index (χ1v) is 8.51. The molecule has 2 aliphatic rings. The van der Waals surface area contributed by atoms with Gasteiger partial charge < -0.3 is 15.4 Å². The molecule has 2 N–H and O–H groups in total. The van der Waals surface area contributed by atoms with E-state index in [-0.39, 0.29) is 11.7 Å². The van der Waals surface area contributed by atoms with Crippen LogP contribution in [0.25, 0.3) is 11.4 Å². The maximum Gasteiger partial charge on any atom is 0.161 e. The van der Waals surface area contributed by atoms with E-state index in [1.165, 1.54) is 6.07 Å². The lowest BCUT2D eigenvalue weighted by atomic mass is 10.1. The third kappa shape index (κ3) is 2.94. The zero-order chi connectivity index (χ0) is 17.6. The number of nitrogens with two attached hydrogens (primary N) is 1. The molecule has 1 aromatic heterocycles. The highest BCUT2D eigenvalue weighted by molar-refractivity contribution is 5.64. The molecule has 1 aromatic carbocycles. The molecule has 0 spiro atoms. The van der Waals surface area contributed by atoms with Gasteiger partial charge in [-0.15, -0.1) is 0 Å². The van der Waals surface area contributed by atoms with Crippen LogP contribution in [0.3, 0.4) is 0 Å². The van der Waals surface area contributed by atoms with Gasteiger partial charge in [0.2, 0.25) is 0 Å². The number of halogens is 1. The van der Waals surface area contributed by atoms with Gasteiger partial charge in [0.25, 0.3) is 0 Å². The second-order valence-corrected chi connectivity index (χ2v) is 6.82. The lowest BCUT2D eigenvalue weighted by molar-refractivity contribution is 0.0984. The van der Waals surface area contributed by atoms with E-state index < -0.39 is 5.82 Å². The van der Waals surface area contributed by atoms with Crippen molar-refractivity contribution in [1.82, 2.24) is 14.9 Å². The molecule has 0 amide bonds. The molecule has 0 bridgehead atoms. The predicted molar refractivity (Wildman–Crippen MR) is 94.6 cm³/mol. The number of fused-ring (bicyclic) bond motifs is 1. The number of aromatic nitrogens is 2. The molecule has 7 heteroatoms. The molecule has 1 atom stereocenters. The van der Waals surface area contributed by atoms with Crippen molar-refractivity contribution in [2.45, 2.75) is 26.1 Å². The standard InChI is InChI=1S/C18H22FN5O/c1-11-10-25-6-5-24(11)18-13-8-23(2)9-16(13)21-17(22-18)12-3-4-15(20)14(19)7-12/h3-4,7,11H,5-6,8-10,20H2,1-2H3/t11-/m0/s1. The van der Waals surface area contributed by atoms with E-state index in [1.54, 1.807) is 12.1 Å². The first kappa shape index (κ1) is 16.2. The van der Waals surface area contributed by atoms with Crippen LogP contribution in [0.2, 0.25) is 0 Å². The molecule has 0 saturated carbocycles. The fourth-order valence-corrected chi connectivity index (χ4v) is 3.47. The van der Waals surface area contributed by atoms with E-state index in [0.717, 1.165) is 36.7 Å². The second-order valence-electron chi connectivity index (χ2n) is 6.82. The number of ether oxygens (including phenoxy) is 1. The average molecular weight is 343 g/mol. The van der Waals surface area contributed by atoms with Crippen molar-refractivity contribution >= 4 is 11.5 Å². The summed E-state index contributed by atoms with van der Waals surface area (Å²) in [6.07, 6.45) is 0. The lowest BCUT2D eigenvalue weighted by Gasteiger charge is -2.35. The SMILES string of the molecule is C[C@H]1COCCN1c1nc(-c2ccc(N)c(F)c2)nc2c1CN(C)C2. The maximum atomic E-state index is 13.9. The number of rotatable bonds is 2. The molecule has 1 saturated heterocycles. The average Bonchev–Trinajstić information content (AvgIpc) is 2.97. The number of benzene rings is 1. The van der Waals surface area contributed by atoms with Crippen molar-refractivity contribution in [1.29, 1.82) is 0 Å². The van der Waals surface area contributed by atoms with Gasteiger partial charge in [0.05, 0.1) is 30.6 Å². The second kappa shape index (κ2) is 6.24. The van der Waals surface area contributed by atoms with E-state index in [9.17, 15) is 4.39 Å². The third-order valence-electron chi connectivity index (χ3n) is 4.82. The predicted octanol–water partition coefficient (Wildman–Crippen LogP) is 2.04. The van der Waals surface area contributed by atoms with Gasteiger partial charge in [-0.2, -0.15) is 0 Å². The van der Waals surface area contributed by atoms with Crippen LogP contribution >= 0.6 is 0 Å². The minimum atomic E-state index is -0.444. The minimum absolute atomic E-state index is 0.131. The Kier molecular flexibility index (Phi) is 4.05. The van der Waals surface area contributed by atoms with Crippen molar-refractivity contribution in [2.24, 2.45) is 0 Å². The van der Waals surface area contributed by atoms with Gasteiger partial charge in [0.15, 0.2) is 5.82 Å². The minimum Gasteiger partial charge on any atom is -0.396 e. The summed E-state index contributed by atoms with van der Waals surface area (Å²) in [7, 11) is 2.07. The fourth-order valence-electron chi connectivity index (χ4n) is 3.47. The Morgan fingerprint density at radius 3 is 2.88 bits per heavy atom. The molecular weight excluding hydrogens is 321 g/mol. The van der Waals surface area contributed by atoms with Crippen LogP contribution in [0.4, 0.5) is 15.9 Å². The quantitative estimate of drug-likeness (QED) is 0.842. The molecule has 132 valence electrons. The molecule has 4 rings (SSSR count). The van der Waals surface area contributed by atoms with Crippen molar-refractivity contribution in [3.63, 3.8) is 0 Å². The van der Waals surface area contributed by atoms with Crippen LogP contribution in [0.15, 0.2) is 18.2 Å². The van der Waals surface area contributed by atoms with E-state index in [4.69, 9.17) is 20.4 Å². The maximum absolute atomic E-state index is 13.9. The third-order valence-corrected chi connectivity index (χ3v) is 4.82. The summed E-state index contributed by atoms with van der Waals surface area (Å²) in [5, 5.41) is 0. The van der Waals surface area contributed by atoms with E-state index in [0.29, 0.717) is 24.6 Å². The van der Waals surface area contributed by atoms with Crippen LogP contribution in [0, 0.1) is 5.82 Å². The zero-order valence-electron chi connectivity index (χ0n) is 14.5. The highest BCUT2D eigenvalue weighted by Gasteiger charge is 2.29. The summed E-state index contributed by atoms with van der Waals surface area (Å²) in [6, 6.07) is 4.98. The Morgan fingerprint density at radius 1 is 1.28 bits per heavy atom. The summed E-state index contributed by atoms with van der Waals surface area (Å²) in [5.74, 6) is 1.04. The Balaban J connectivity index is 1.82. The Morgan fingerprint density at radius 2 is 2.12 bits per heavy atom. The van der Waals surface area contributed by atoms with Crippen molar-refractivity contribution < 1.29 is 9.13 Å². The molecule has 0 aliphatic carbocycles. The van der Waals surface area contributed by atoms with Gasteiger partial charge in [-0.05, 0) is 32.2 Å². The highest BCUT2D eigenvalue weighted by atomic mass is 19.1. The molecule has 25 heavy (non-hydrogen) atoms. The van der Waals surface area contributed by atoms with Gasteiger partial charge in [-0.3, -0.25) is 4.90 Å². The first-order chi connectivity index (χ1) is 12.0. The van der Waals surface area contributed by atoms with Gasteiger partial charge in [-0.25, -0.2) is 14.4 Å². The highest BCUT2D eigenvalue weighted by Crippen LogP contribution is 2.33. The Labute approximate surface area is 146 Å². The van der Waals surface area contributed by atoms with Gasteiger partial charge >= 0.3 is 0 Å². The van der Waals surface area contributed by atoms with Crippen molar-refractivity contribution in [3.8, 4) is 11.4 Å². The van der Waals surface area contributed by atoms with Gasteiger partial charge in [0, 0.05) is 30.8 Å².